The molecule has 0 heterocycles. The second kappa shape index (κ2) is 9.15. The van der Waals surface area contributed by atoms with E-state index in [4.69, 9.17) is 0 Å². The first-order chi connectivity index (χ1) is 18.8. The second-order valence-electron chi connectivity index (χ2n) is 10.5. The van der Waals surface area contributed by atoms with Crippen molar-refractivity contribution >= 4 is 5.57 Å². The Hall–Kier alpha value is -4.42. The van der Waals surface area contributed by atoms with Gasteiger partial charge in [0.05, 0.1) is 5.41 Å². The van der Waals surface area contributed by atoms with Crippen LogP contribution in [0, 0.1) is 6.92 Å². The van der Waals surface area contributed by atoms with Crippen LogP contribution in [-0.4, -0.2) is 0 Å². The van der Waals surface area contributed by atoms with Crippen molar-refractivity contribution in [2.24, 2.45) is 0 Å². The molecule has 38 heavy (non-hydrogen) atoms. The van der Waals surface area contributed by atoms with E-state index in [2.05, 4.69) is 146 Å². The van der Waals surface area contributed by atoms with Crippen molar-refractivity contribution in [1.82, 2.24) is 0 Å². The standard InChI is InChI=1S/C38H30/c1-27-23-24-32(26-35(27)29-15-6-3-7-16-29)38(31-18-12-17-30(25-31)28-13-4-2-5-14-28)36-21-10-8-19-33(36)34-20-9-11-22-37(34)38/h2,4-6,8-26H,3,7H2,1H3. The summed E-state index contributed by atoms with van der Waals surface area (Å²) in [6.07, 6.45) is 9.23. The fraction of sp³-hybridized carbons (Fsp3) is 0.105. The highest BCUT2D eigenvalue weighted by molar-refractivity contribution is 5.87. The third kappa shape index (κ3) is 3.45. The van der Waals surface area contributed by atoms with Crippen LogP contribution in [0.1, 0.15) is 46.2 Å². The van der Waals surface area contributed by atoms with E-state index in [0.29, 0.717) is 0 Å². The van der Waals surface area contributed by atoms with Gasteiger partial charge in [0.1, 0.15) is 0 Å². The van der Waals surface area contributed by atoms with E-state index in [1.165, 1.54) is 61.2 Å². The molecular formula is C38H30. The second-order valence-corrected chi connectivity index (χ2v) is 10.5. The zero-order valence-corrected chi connectivity index (χ0v) is 21.7. The first-order valence-corrected chi connectivity index (χ1v) is 13.6. The number of hydrogen-bond acceptors (Lipinski definition) is 0. The third-order valence-electron chi connectivity index (χ3n) is 8.33. The lowest BCUT2D eigenvalue weighted by molar-refractivity contribution is 0.768. The summed E-state index contributed by atoms with van der Waals surface area (Å²) in [6, 6.07) is 45.1. The Labute approximate surface area is 225 Å². The first kappa shape index (κ1) is 22.8. The molecule has 5 aromatic carbocycles. The normalized spacial score (nSPS) is 15.0. The molecule has 0 fully saturated rings. The average molecular weight is 487 g/mol. The van der Waals surface area contributed by atoms with Crippen LogP contribution < -0.4 is 0 Å². The third-order valence-corrected chi connectivity index (χ3v) is 8.33. The molecule has 0 aromatic heterocycles. The molecule has 0 saturated carbocycles. The Bertz CT molecular complexity index is 1670. The Morgan fingerprint density at radius 1 is 0.526 bits per heavy atom. The van der Waals surface area contributed by atoms with E-state index in [-0.39, 0.29) is 0 Å². The van der Waals surface area contributed by atoms with Crippen LogP contribution in [0.15, 0.2) is 140 Å². The predicted molar refractivity (Wildman–Crippen MR) is 160 cm³/mol. The fourth-order valence-corrected chi connectivity index (χ4v) is 6.57. The van der Waals surface area contributed by atoms with Gasteiger partial charge in [0, 0.05) is 0 Å². The summed E-state index contributed by atoms with van der Waals surface area (Å²) < 4.78 is 0. The molecule has 0 bridgehead atoms. The lowest BCUT2D eigenvalue weighted by atomic mass is 9.66. The predicted octanol–water partition coefficient (Wildman–Crippen LogP) is 9.76. The molecular weight excluding hydrogens is 456 g/mol. The number of benzene rings is 5. The smallest absolute Gasteiger partial charge is 0.0713 e. The molecule has 0 N–H and O–H groups in total. The molecule has 0 nitrogen and oxygen atoms in total. The van der Waals surface area contributed by atoms with Gasteiger partial charge in [-0.2, -0.15) is 0 Å². The first-order valence-electron chi connectivity index (χ1n) is 13.6. The summed E-state index contributed by atoms with van der Waals surface area (Å²) in [5.74, 6) is 0. The maximum Gasteiger partial charge on any atom is 0.0713 e. The van der Waals surface area contributed by atoms with E-state index in [1.54, 1.807) is 0 Å². The van der Waals surface area contributed by atoms with Crippen LogP contribution in [0.3, 0.4) is 0 Å². The summed E-state index contributed by atoms with van der Waals surface area (Å²) in [5.41, 5.74) is 14.1. The molecule has 0 amide bonds. The molecule has 0 spiro atoms. The number of allylic oxidation sites excluding steroid dienone is 4. The molecule has 0 heteroatoms. The van der Waals surface area contributed by atoms with Gasteiger partial charge >= 0.3 is 0 Å². The fourth-order valence-electron chi connectivity index (χ4n) is 6.57. The van der Waals surface area contributed by atoms with E-state index < -0.39 is 5.41 Å². The van der Waals surface area contributed by atoms with Crippen LogP contribution >= 0.6 is 0 Å². The SMILES string of the molecule is Cc1ccc(C2(c3cccc(-c4ccccc4)c3)c3ccccc3-c3ccccc32)cc1C1=CCCC=C1. The van der Waals surface area contributed by atoms with Crippen molar-refractivity contribution in [3.63, 3.8) is 0 Å². The van der Waals surface area contributed by atoms with Gasteiger partial charge in [-0.3, -0.25) is 0 Å². The molecule has 182 valence electrons. The minimum absolute atomic E-state index is 0.403. The van der Waals surface area contributed by atoms with Gasteiger partial charge in [-0.05, 0) is 93.1 Å². The van der Waals surface area contributed by atoms with Crippen LogP contribution in [0.2, 0.25) is 0 Å². The van der Waals surface area contributed by atoms with Gasteiger partial charge in [-0.15, -0.1) is 0 Å². The monoisotopic (exact) mass is 486 g/mol. The lowest BCUT2D eigenvalue weighted by Gasteiger charge is -2.35. The van der Waals surface area contributed by atoms with E-state index >= 15 is 0 Å². The maximum atomic E-state index is 2.46. The molecule has 2 aliphatic rings. The summed E-state index contributed by atoms with van der Waals surface area (Å²) >= 11 is 0. The van der Waals surface area contributed by atoms with Gasteiger partial charge < -0.3 is 0 Å². The van der Waals surface area contributed by atoms with Gasteiger partial charge in [-0.1, -0.05) is 127 Å². The maximum absolute atomic E-state index is 2.46. The minimum atomic E-state index is -0.403. The molecule has 5 aromatic rings. The zero-order valence-electron chi connectivity index (χ0n) is 21.7. The molecule has 0 aliphatic heterocycles. The summed E-state index contributed by atoms with van der Waals surface area (Å²) in [5, 5.41) is 0. The molecule has 7 rings (SSSR count). The lowest BCUT2D eigenvalue weighted by Crippen LogP contribution is -2.29. The number of hydrogen-bond donors (Lipinski definition) is 0. The summed E-state index contributed by atoms with van der Waals surface area (Å²) in [4.78, 5) is 0. The van der Waals surface area contributed by atoms with E-state index in [9.17, 15) is 0 Å². The largest absolute Gasteiger partial charge is 0.0836 e. The molecule has 0 saturated heterocycles. The van der Waals surface area contributed by atoms with Gasteiger partial charge in [0.25, 0.3) is 0 Å². The Morgan fingerprint density at radius 2 is 1.18 bits per heavy atom. The van der Waals surface area contributed by atoms with Crippen molar-refractivity contribution in [1.29, 1.82) is 0 Å². The van der Waals surface area contributed by atoms with Crippen molar-refractivity contribution in [3.05, 3.63) is 173 Å². The molecule has 0 radical (unpaired) electrons. The van der Waals surface area contributed by atoms with E-state index in [0.717, 1.165) is 12.8 Å². The van der Waals surface area contributed by atoms with Crippen LogP contribution in [0.5, 0.6) is 0 Å². The van der Waals surface area contributed by atoms with Gasteiger partial charge in [0.2, 0.25) is 0 Å². The average Bonchev–Trinajstić information content (AvgIpc) is 3.30. The van der Waals surface area contributed by atoms with E-state index in [1.807, 2.05) is 0 Å². The molecule has 0 unspecified atom stereocenters. The summed E-state index contributed by atoms with van der Waals surface area (Å²) in [7, 11) is 0. The number of fused-ring (bicyclic) bond motifs is 3. The van der Waals surface area contributed by atoms with Crippen molar-refractivity contribution in [3.8, 4) is 22.3 Å². The Balaban J connectivity index is 1.56. The minimum Gasteiger partial charge on any atom is -0.0836 e. The zero-order chi connectivity index (χ0) is 25.5. The van der Waals surface area contributed by atoms with Crippen molar-refractivity contribution in [2.75, 3.05) is 0 Å². The van der Waals surface area contributed by atoms with Crippen LogP contribution in [0.25, 0.3) is 27.8 Å². The highest BCUT2D eigenvalue weighted by Gasteiger charge is 2.46. The summed E-state index contributed by atoms with van der Waals surface area (Å²) in [6.45, 7) is 2.24. The molecule has 0 atom stereocenters. The quantitative estimate of drug-likeness (QED) is 0.233. The number of rotatable bonds is 4. The highest BCUT2D eigenvalue weighted by Crippen LogP contribution is 2.56. The van der Waals surface area contributed by atoms with Crippen LogP contribution in [0.4, 0.5) is 0 Å². The topological polar surface area (TPSA) is 0 Å². The van der Waals surface area contributed by atoms with Crippen molar-refractivity contribution < 1.29 is 0 Å². The van der Waals surface area contributed by atoms with Gasteiger partial charge in [-0.25, -0.2) is 0 Å². The Morgan fingerprint density at radius 3 is 1.89 bits per heavy atom. The number of aryl methyl sites for hydroxylation is 1. The van der Waals surface area contributed by atoms with Crippen molar-refractivity contribution in [2.45, 2.75) is 25.2 Å². The highest BCUT2D eigenvalue weighted by atomic mass is 14.5. The Kier molecular flexibility index (Phi) is 5.48. The van der Waals surface area contributed by atoms with Crippen LogP contribution in [-0.2, 0) is 5.41 Å². The van der Waals surface area contributed by atoms with Gasteiger partial charge in [0.15, 0.2) is 0 Å². The molecule has 2 aliphatic carbocycles.